The first-order valence-corrected chi connectivity index (χ1v) is 11.7. The number of anilines is 1. The van der Waals surface area contributed by atoms with Gasteiger partial charge in [-0.25, -0.2) is 4.98 Å². The van der Waals surface area contributed by atoms with Crippen molar-refractivity contribution in [3.05, 3.63) is 30.7 Å². The molecule has 176 valence electrons. The van der Waals surface area contributed by atoms with Crippen molar-refractivity contribution in [2.24, 2.45) is 11.8 Å². The molecule has 5 rings (SSSR count). The molecule has 9 heteroatoms. The Kier molecular flexibility index (Phi) is 5.66. The van der Waals surface area contributed by atoms with Crippen molar-refractivity contribution >= 4 is 33.5 Å². The third-order valence-electron chi connectivity index (χ3n) is 7.36. The Morgan fingerprint density at radius 2 is 1.94 bits per heavy atom. The van der Waals surface area contributed by atoms with Crippen molar-refractivity contribution in [3.8, 4) is 0 Å². The number of hydrogen-bond donors (Lipinski definition) is 1. The highest BCUT2D eigenvalue weighted by Crippen LogP contribution is 2.43. The number of H-pyrrole nitrogens is 1. The number of fused-ring (bicyclic) bond motifs is 3. The van der Waals surface area contributed by atoms with Gasteiger partial charge in [-0.05, 0) is 43.7 Å². The summed E-state index contributed by atoms with van der Waals surface area (Å²) in [6.45, 7) is 3.45. The average molecular weight is 460 g/mol. The molecule has 0 bridgehead atoms. The van der Waals surface area contributed by atoms with Crippen molar-refractivity contribution < 1.29 is 18.0 Å². The van der Waals surface area contributed by atoms with Gasteiger partial charge in [0.25, 0.3) is 0 Å². The standard InChI is InChI=1S/C24H28F3N5O/c1-2-20(33)32-11-3-4-17(24(25,26)27)22(32)15-7-12-31(13-8-15)19-6-10-28-18-14-30-23-16(21(18)19)5-9-29-23/h5-6,9-10,14-15,17,22H,2-4,7-8,11-13H2,1H3,(H,29,30). The summed E-state index contributed by atoms with van der Waals surface area (Å²) in [5, 5.41) is 2.00. The number of piperidine rings is 2. The van der Waals surface area contributed by atoms with Crippen LogP contribution in [0.4, 0.5) is 18.9 Å². The fraction of sp³-hybridized carbons (Fsp3) is 0.542. The van der Waals surface area contributed by atoms with E-state index in [2.05, 4.69) is 19.9 Å². The van der Waals surface area contributed by atoms with E-state index in [9.17, 15) is 18.0 Å². The average Bonchev–Trinajstić information content (AvgIpc) is 3.31. The number of amides is 1. The summed E-state index contributed by atoms with van der Waals surface area (Å²) >= 11 is 0. The second-order valence-electron chi connectivity index (χ2n) is 9.13. The van der Waals surface area contributed by atoms with Crippen LogP contribution >= 0.6 is 0 Å². The molecule has 0 aromatic carbocycles. The van der Waals surface area contributed by atoms with Gasteiger partial charge in [0.05, 0.1) is 17.6 Å². The number of aromatic nitrogens is 3. The summed E-state index contributed by atoms with van der Waals surface area (Å²) in [6.07, 6.45) is 3.06. The van der Waals surface area contributed by atoms with Crippen LogP contribution in [0.2, 0.25) is 0 Å². The smallest absolute Gasteiger partial charge is 0.371 e. The molecule has 1 N–H and O–H groups in total. The Bertz CT molecular complexity index is 1150. The molecule has 5 heterocycles. The maximum atomic E-state index is 14.0. The van der Waals surface area contributed by atoms with Gasteiger partial charge in [-0.3, -0.25) is 9.78 Å². The predicted molar refractivity (Wildman–Crippen MR) is 121 cm³/mol. The van der Waals surface area contributed by atoms with Crippen LogP contribution in [0.3, 0.4) is 0 Å². The highest BCUT2D eigenvalue weighted by atomic mass is 19.4. The first-order chi connectivity index (χ1) is 15.9. The molecule has 2 fully saturated rings. The SMILES string of the molecule is CCC(=O)N1CCCC(C(F)(F)F)C1C1CCN(c2ccnc3cnc4[nH]ccc4c23)CC1. The van der Waals surface area contributed by atoms with Crippen molar-refractivity contribution in [2.45, 2.75) is 51.2 Å². The normalized spacial score (nSPS) is 22.9. The highest BCUT2D eigenvalue weighted by Gasteiger charge is 2.51. The van der Waals surface area contributed by atoms with E-state index in [1.165, 1.54) is 0 Å². The summed E-state index contributed by atoms with van der Waals surface area (Å²) in [6, 6.07) is 3.19. The fourth-order valence-corrected chi connectivity index (χ4v) is 5.83. The Morgan fingerprint density at radius 1 is 1.15 bits per heavy atom. The lowest BCUT2D eigenvalue weighted by Crippen LogP contribution is -2.57. The zero-order valence-electron chi connectivity index (χ0n) is 18.6. The summed E-state index contributed by atoms with van der Waals surface area (Å²) in [4.78, 5) is 28.3. The third-order valence-corrected chi connectivity index (χ3v) is 7.36. The first kappa shape index (κ1) is 22.0. The molecular weight excluding hydrogens is 431 g/mol. The van der Waals surface area contributed by atoms with Crippen LogP contribution < -0.4 is 4.90 Å². The Balaban J connectivity index is 1.42. The predicted octanol–water partition coefficient (Wildman–Crippen LogP) is 4.91. The van der Waals surface area contributed by atoms with Gasteiger partial charge in [-0.2, -0.15) is 13.2 Å². The number of likely N-dealkylation sites (tertiary alicyclic amines) is 1. The van der Waals surface area contributed by atoms with Crippen molar-refractivity contribution in [1.82, 2.24) is 19.9 Å². The van der Waals surface area contributed by atoms with Gasteiger partial charge in [-0.1, -0.05) is 6.92 Å². The van der Waals surface area contributed by atoms with Gasteiger partial charge < -0.3 is 14.8 Å². The second kappa shape index (κ2) is 8.50. The van der Waals surface area contributed by atoms with Gasteiger partial charge in [0.1, 0.15) is 5.65 Å². The summed E-state index contributed by atoms with van der Waals surface area (Å²) in [5.41, 5.74) is 2.62. The largest absolute Gasteiger partial charge is 0.393 e. The molecule has 0 saturated carbocycles. The Hall–Kier alpha value is -2.84. The van der Waals surface area contributed by atoms with Crippen LogP contribution in [0.15, 0.2) is 30.7 Å². The number of pyridine rings is 2. The molecular formula is C24H28F3N5O. The van der Waals surface area contributed by atoms with E-state index in [-0.39, 0.29) is 24.7 Å². The Labute approximate surface area is 190 Å². The molecule has 0 radical (unpaired) electrons. The minimum absolute atomic E-state index is 0.106. The van der Waals surface area contributed by atoms with E-state index >= 15 is 0 Å². The van der Waals surface area contributed by atoms with Gasteiger partial charge in [0, 0.05) is 61.0 Å². The van der Waals surface area contributed by atoms with Crippen molar-refractivity contribution in [1.29, 1.82) is 0 Å². The molecule has 33 heavy (non-hydrogen) atoms. The van der Waals surface area contributed by atoms with Crippen LogP contribution in [-0.4, -0.2) is 57.6 Å². The fourth-order valence-electron chi connectivity index (χ4n) is 5.83. The number of carbonyl (C=O) groups excluding carboxylic acids is 1. The molecule has 3 aromatic rings. The van der Waals surface area contributed by atoms with Gasteiger partial charge in [0.15, 0.2) is 0 Å². The zero-order chi connectivity index (χ0) is 23.2. The van der Waals surface area contributed by atoms with E-state index in [1.807, 2.05) is 18.3 Å². The molecule has 2 atom stereocenters. The van der Waals surface area contributed by atoms with Crippen molar-refractivity contribution in [2.75, 3.05) is 24.5 Å². The van der Waals surface area contributed by atoms with E-state index in [4.69, 9.17) is 0 Å². The summed E-state index contributed by atoms with van der Waals surface area (Å²) in [7, 11) is 0. The van der Waals surface area contributed by atoms with Gasteiger partial charge >= 0.3 is 6.18 Å². The number of alkyl halides is 3. The zero-order valence-corrected chi connectivity index (χ0v) is 18.6. The molecule has 2 aliphatic heterocycles. The number of rotatable bonds is 3. The molecule has 2 unspecified atom stereocenters. The van der Waals surface area contributed by atoms with Gasteiger partial charge in [-0.15, -0.1) is 0 Å². The maximum Gasteiger partial charge on any atom is 0.393 e. The molecule has 0 aliphatic carbocycles. The quantitative estimate of drug-likeness (QED) is 0.605. The lowest BCUT2D eigenvalue weighted by molar-refractivity contribution is -0.208. The number of aromatic amines is 1. The number of hydrogen-bond acceptors (Lipinski definition) is 4. The number of halogens is 3. The number of nitrogens with one attached hydrogen (secondary N) is 1. The molecule has 1 amide bonds. The van der Waals surface area contributed by atoms with E-state index < -0.39 is 18.1 Å². The number of carbonyl (C=O) groups is 1. The highest BCUT2D eigenvalue weighted by molar-refractivity contribution is 6.09. The molecule has 2 aliphatic rings. The second-order valence-corrected chi connectivity index (χ2v) is 9.13. The summed E-state index contributed by atoms with van der Waals surface area (Å²) < 4.78 is 41.9. The lowest BCUT2D eigenvalue weighted by Gasteiger charge is -2.48. The van der Waals surface area contributed by atoms with Crippen molar-refractivity contribution in [3.63, 3.8) is 0 Å². The molecule has 3 aromatic heterocycles. The maximum absolute atomic E-state index is 14.0. The summed E-state index contributed by atoms with van der Waals surface area (Å²) in [5.74, 6) is -1.77. The van der Waals surface area contributed by atoms with Crippen LogP contribution in [-0.2, 0) is 4.79 Å². The minimum atomic E-state index is -4.29. The molecule has 6 nitrogen and oxygen atoms in total. The van der Waals surface area contributed by atoms with E-state index in [0.717, 1.165) is 27.6 Å². The molecule has 0 spiro atoms. The van der Waals surface area contributed by atoms with Crippen LogP contribution in [0.5, 0.6) is 0 Å². The number of nitrogens with zero attached hydrogens (tertiary/aromatic N) is 4. The van der Waals surface area contributed by atoms with Crippen LogP contribution in [0, 0.1) is 11.8 Å². The third kappa shape index (κ3) is 3.91. The lowest BCUT2D eigenvalue weighted by atomic mass is 9.76. The van der Waals surface area contributed by atoms with Gasteiger partial charge in [0.2, 0.25) is 5.91 Å². The van der Waals surface area contributed by atoms with E-state index in [1.54, 1.807) is 24.2 Å². The first-order valence-electron chi connectivity index (χ1n) is 11.7. The van der Waals surface area contributed by atoms with E-state index in [0.29, 0.717) is 38.9 Å². The topological polar surface area (TPSA) is 65.1 Å². The monoisotopic (exact) mass is 459 g/mol. The van der Waals surface area contributed by atoms with Crippen LogP contribution in [0.1, 0.15) is 39.0 Å². The molecule has 2 saturated heterocycles. The van der Waals surface area contributed by atoms with Crippen LogP contribution in [0.25, 0.3) is 21.9 Å². The minimum Gasteiger partial charge on any atom is -0.371 e. The Morgan fingerprint density at radius 3 is 2.67 bits per heavy atom.